The summed E-state index contributed by atoms with van der Waals surface area (Å²) in [4.78, 5) is 23.0. The highest BCUT2D eigenvalue weighted by Gasteiger charge is 2.07. The van der Waals surface area contributed by atoms with Crippen LogP contribution in [0.1, 0.15) is 27.3 Å². The number of amides is 1. The molecule has 0 unspecified atom stereocenters. The summed E-state index contributed by atoms with van der Waals surface area (Å²) in [5, 5.41) is 2.93. The van der Waals surface area contributed by atoms with Gasteiger partial charge in [-0.1, -0.05) is 18.2 Å². The van der Waals surface area contributed by atoms with Gasteiger partial charge in [0.15, 0.2) is 0 Å². The van der Waals surface area contributed by atoms with Gasteiger partial charge in [0.25, 0.3) is 5.91 Å². The lowest BCUT2D eigenvalue weighted by Crippen LogP contribution is -2.23. The number of nitrogens with one attached hydrogen (secondary N) is 1. The number of nitrogens with zero attached hydrogens (tertiary/aromatic N) is 4. The van der Waals surface area contributed by atoms with E-state index in [9.17, 15) is 4.79 Å². The van der Waals surface area contributed by atoms with Crippen LogP contribution in [-0.4, -0.2) is 39.4 Å². The Hall–Kier alpha value is -2.99. The van der Waals surface area contributed by atoms with Gasteiger partial charge in [-0.15, -0.1) is 0 Å². The molecule has 1 amide bonds. The molecule has 0 spiro atoms. The summed E-state index contributed by atoms with van der Waals surface area (Å²) >= 11 is 0. The summed E-state index contributed by atoms with van der Waals surface area (Å²) in [7, 11) is 4.04. The molecular weight excluding hydrogens is 326 g/mol. The molecule has 1 N–H and O–H groups in total. The Morgan fingerprint density at radius 1 is 1.08 bits per heavy atom. The van der Waals surface area contributed by atoms with Crippen molar-refractivity contribution in [1.82, 2.24) is 24.8 Å². The van der Waals surface area contributed by atoms with Gasteiger partial charge in [0.2, 0.25) is 0 Å². The fraction of sp³-hybridized carbons (Fsp3) is 0.250. The van der Waals surface area contributed by atoms with E-state index in [-0.39, 0.29) is 5.91 Å². The summed E-state index contributed by atoms with van der Waals surface area (Å²) in [5.74, 6) is 1.61. The Balaban J connectivity index is 1.58. The van der Waals surface area contributed by atoms with Gasteiger partial charge in [0.05, 0.1) is 0 Å². The molecule has 3 rings (SSSR count). The average molecular weight is 349 g/mol. The van der Waals surface area contributed by atoms with Gasteiger partial charge >= 0.3 is 0 Å². The molecule has 2 heterocycles. The number of aryl methyl sites for hydroxylation is 1. The molecule has 0 atom stereocenters. The van der Waals surface area contributed by atoms with E-state index in [1.165, 1.54) is 5.56 Å². The van der Waals surface area contributed by atoms with Crippen molar-refractivity contribution in [2.75, 3.05) is 14.1 Å². The van der Waals surface area contributed by atoms with Crippen molar-refractivity contribution < 1.29 is 4.79 Å². The van der Waals surface area contributed by atoms with E-state index in [0.29, 0.717) is 12.1 Å². The number of carbonyl (C=O) groups excluding carboxylic acids is 1. The maximum Gasteiger partial charge on any atom is 0.251 e. The van der Waals surface area contributed by atoms with Crippen LogP contribution < -0.4 is 5.32 Å². The van der Waals surface area contributed by atoms with Crippen molar-refractivity contribution in [3.63, 3.8) is 0 Å². The number of aromatic nitrogens is 3. The highest BCUT2D eigenvalue weighted by Crippen LogP contribution is 2.09. The lowest BCUT2D eigenvalue weighted by molar-refractivity contribution is 0.0951. The lowest BCUT2D eigenvalue weighted by atomic mass is 10.1. The molecule has 0 saturated carbocycles. The SMILES string of the molecule is Cc1nccn1-c1ccc(CNC(=O)c2ccc(CN(C)C)cc2)cn1. The zero-order valence-corrected chi connectivity index (χ0v) is 15.3. The number of hydrogen-bond donors (Lipinski definition) is 1. The number of carbonyl (C=O) groups is 1. The Kier molecular flexibility index (Phi) is 5.43. The Morgan fingerprint density at radius 3 is 2.38 bits per heavy atom. The first kappa shape index (κ1) is 17.8. The van der Waals surface area contributed by atoms with Crippen LogP contribution in [0.2, 0.25) is 0 Å². The van der Waals surface area contributed by atoms with E-state index in [4.69, 9.17) is 0 Å². The highest BCUT2D eigenvalue weighted by molar-refractivity contribution is 5.94. The molecule has 6 nitrogen and oxygen atoms in total. The van der Waals surface area contributed by atoms with Gasteiger partial charge in [0, 0.05) is 37.2 Å². The van der Waals surface area contributed by atoms with E-state index in [1.807, 2.05) is 68.2 Å². The van der Waals surface area contributed by atoms with Crippen LogP contribution in [0.4, 0.5) is 0 Å². The normalized spacial score (nSPS) is 10.9. The third kappa shape index (κ3) is 4.34. The quantitative estimate of drug-likeness (QED) is 0.743. The van der Waals surface area contributed by atoms with Crippen LogP contribution >= 0.6 is 0 Å². The summed E-state index contributed by atoms with van der Waals surface area (Å²) in [5.41, 5.74) is 2.79. The van der Waals surface area contributed by atoms with Gasteiger partial charge in [-0.3, -0.25) is 9.36 Å². The second-order valence-electron chi connectivity index (χ2n) is 6.49. The van der Waals surface area contributed by atoms with E-state index < -0.39 is 0 Å². The van der Waals surface area contributed by atoms with E-state index in [0.717, 1.165) is 23.8 Å². The van der Waals surface area contributed by atoms with Crippen LogP contribution in [0.15, 0.2) is 55.0 Å². The second-order valence-corrected chi connectivity index (χ2v) is 6.49. The number of rotatable bonds is 6. The van der Waals surface area contributed by atoms with Crippen molar-refractivity contribution in [2.45, 2.75) is 20.0 Å². The summed E-state index contributed by atoms with van der Waals surface area (Å²) in [6.07, 6.45) is 5.39. The first-order valence-corrected chi connectivity index (χ1v) is 8.50. The predicted molar refractivity (Wildman–Crippen MR) is 101 cm³/mol. The van der Waals surface area contributed by atoms with Gasteiger partial charge in [-0.05, 0) is 50.3 Å². The molecule has 26 heavy (non-hydrogen) atoms. The minimum Gasteiger partial charge on any atom is -0.348 e. The standard InChI is InChI=1S/C20H23N5O/c1-15-21-10-11-25(15)19-9-6-17(12-22-19)13-23-20(26)18-7-4-16(5-8-18)14-24(2)3/h4-12H,13-14H2,1-3H3,(H,23,26). The lowest BCUT2D eigenvalue weighted by Gasteiger charge is -2.10. The van der Waals surface area contributed by atoms with Crippen LogP contribution in [-0.2, 0) is 13.1 Å². The maximum atomic E-state index is 12.3. The average Bonchev–Trinajstić information content (AvgIpc) is 3.06. The number of hydrogen-bond acceptors (Lipinski definition) is 4. The topological polar surface area (TPSA) is 63.1 Å². The first-order valence-electron chi connectivity index (χ1n) is 8.50. The molecular formula is C20H23N5O. The van der Waals surface area contributed by atoms with Crippen molar-refractivity contribution >= 4 is 5.91 Å². The molecule has 0 fully saturated rings. The first-order chi connectivity index (χ1) is 12.5. The zero-order valence-electron chi connectivity index (χ0n) is 15.3. The molecule has 0 aliphatic heterocycles. The molecule has 134 valence electrons. The smallest absolute Gasteiger partial charge is 0.251 e. The molecule has 1 aromatic carbocycles. The monoisotopic (exact) mass is 349 g/mol. The molecule has 0 aliphatic rings. The van der Waals surface area contributed by atoms with Crippen molar-refractivity contribution in [2.24, 2.45) is 0 Å². The second kappa shape index (κ2) is 7.93. The summed E-state index contributed by atoms with van der Waals surface area (Å²) in [6.45, 7) is 3.23. The summed E-state index contributed by atoms with van der Waals surface area (Å²) in [6, 6.07) is 11.6. The van der Waals surface area contributed by atoms with Crippen molar-refractivity contribution in [3.05, 3.63) is 77.5 Å². The fourth-order valence-electron chi connectivity index (χ4n) is 2.69. The zero-order chi connectivity index (χ0) is 18.5. The number of benzene rings is 1. The van der Waals surface area contributed by atoms with Crippen LogP contribution in [0.3, 0.4) is 0 Å². The van der Waals surface area contributed by atoms with Gasteiger partial charge in [-0.25, -0.2) is 9.97 Å². The molecule has 6 heteroatoms. The number of imidazole rings is 1. The predicted octanol–water partition coefficient (Wildman–Crippen LogP) is 2.57. The molecule has 3 aromatic rings. The largest absolute Gasteiger partial charge is 0.348 e. The summed E-state index contributed by atoms with van der Waals surface area (Å²) < 4.78 is 1.91. The van der Waals surface area contributed by atoms with Gasteiger partial charge in [-0.2, -0.15) is 0 Å². The van der Waals surface area contributed by atoms with Crippen LogP contribution in [0, 0.1) is 6.92 Å². The van der Waals surface area contributed by atoms with Crippen molar-refractivity contribution in [1.29, 1.82) is 0 Å². The minimum atomic E-state index is -0.0871. The number of pyridine rings is 1. The molecule has 0 saturated heterocycles. The van der Waals surface area contributed by atoms with E-state index in [2.05, 4.69) is 20.2 Å². The molecule has 0 radical (unpaired) electrons. The third-order valence-electron chi connectivity index (χ3n) is 4.05. The van der Waals surface area contributed by atoms with E-state index in [1.54, 1.807) is 12.4 Å². The van der Waals surface area contributed by atoms with Crippen LogP contribution in [0.5, 0.6) is 0 Å². The van der Waals surface area contributed by atoms with E-state index >= 15 is 0 Å². The molecule has 0 aliphatic carbocycles. The Bertz CT molecular complexity index is 866. The third-order valence-corrected chi connectivity index (χ3v) is 4.05. The molecule has 2 aromatic heterocycles. The molecule has 0 bridgehead atoms. The minimum absolute atomic E-state index is 0.0871. The van der Waals surface area contributed by atoms with Crippen molar-refractivity contribution in [3.8, 4) is 5.82 Å². The van der Waals surface area contributed by atoms with Crippen LogP contribution in [0.25, 0.3) is 5.82 Å². The Morgan fingerprint density at radius 2 is 1.81 bits per heavy atom. The highest BCUT2D eigenvalue weighted by atomic mass is 16.1. The fourth-order valence-corrected chi connectivity index (χ4v) is 2.69. The Labute approximate surface area is 153 Å². The maximum absolute atomic E-state index is 12.3. The van der Waals surface area contributed by atoms with Gasteiger partial charge < -0.3 is 10.2 Å². The van der Waals surface area contributed by atoms with Gasteiger partial charge in [0.1, 0.15) is 11.6 Å².